The van der Waals surface area contributed by atoms with Gasteiger partial charge in [-0.15, -0.1) is 0 Å². The number of amides is 1. The van der Waals surface area contributed by atoms with E-state index in [0.29, 0.717) is 24.0 Å². The summed E-state index contributed by atoms with van der Waals surface area (Å²) in [5.74, 6) is 1.53. The van der Waals surface area contributed by atoms with Crippen LogP contribution in [-0.4, -0.2) is 18.6 Å². The lowest BCUT2D eigenvalue weighted by Crippen LogP contribution is -2.30. The fourth-order valence-electron chi connectivity index (χ4n) is 2.55. The molecule has 2 aromatic carbocycles. The quantitative estimate of drug-likeness (QED) is 0.777. The van der Waals surface area contributed by atoms with Crippen molar-refractivity contribution in [2.45, 2.75) is 46.6 Å². The first-order chi connectivity index (χ1) is 11.9. The van der Waals surface area contributed by atoms with Gasteiger partial charge in [0.25, 0.3) is 5.91 Å². The third kappa shape index (κ3) is 4.99. The third-order valence-corrected chi connectivity index (χ3v) is 3.91. The molecule has 0 aliphatic carbocycles. The Bertz CT molecular complexity index is 725. The largest absolute Gasteiger partial charge is 0.492 e. The van der Waals surface area contributed by atoms with Gasteiger partial charge < -0.3 is 14.8 Å². The summed E-state index contributed by atoms with van der Waals surface area (Å²) in [6, 6.07) is 13.5. The Balaban J connectivity index is 2.13. The minimum absolute atomic E-state index is 0.205. The third-order valence-electron chi connectivity index (χ3n) is 3.91. The molecule has 0 aliphatic heterocycles. The lowest BCUT2D eigenvalue weighted by atomic mass is 10.0. The van der Waals surface area contributed by atoms with Gasteiger partial charge in [0.1, 0.15) is 11.5 Å². The second kappa shape index (κ2) is 8.56. The van der Waals surface area contributed by atoms with Crippen molar-refractivity contribution in [2.75, 3.05) is 11.9 Å². The van der Waals surface area contributed by atoms with Gasteiger partial charge in [0, 0.05) is 0 Å². The van der Waals surface area contributed by atoms with Gasteiger partial charge in [-0.1, -0.05) is 38.1 Å². The van der Waals surface area contributed by atoms with Crippen LogP contribution in [0, 0.1) is 6.92 Å². The van der Waals surface area contributed by atoms with Crippen LogP contribution < -0.4 is 14.8 Å². The van der Waals surface area contributed by atoms with Gasteiger partial charge in [-0.25, -0.2) is 0 Å². The molecule has 2 rings (SSSR count). The van der Waals surface area contributed by atoms with Crippen LogP contribution in [0.4, 0.5) is 5.69 Å². The molecule has 0 saturated carbocycles. The van der Waals surface area contributed by atoms with Crippen molar-refractivity contribution < 1.29 is 14.3 Å². The van der Waals surface area contributed by atoms with Crippen molar-refractivity contribution >= 4 is 11.6 Å². The van der Waals surface area contributed by atoms with Gasteiger partial charge in [-0.05, 0) is 56.0 Å². The molecule has 134 valence electrons. The maximum atomic E-state index is 12.5. The van der Waals surface area contributed by atoms with Crippen molar-refractivity contribution in [3.05, 3.63) is 53.6 Å². The van der Waals surface area contributed by atoms with Gasteiger partial charge in [0.2, 0.25) is 0 Å². The average molecular weight is 341 g/mol. The van der Waals surface area contributed by atoms with Gasteiger partial charge in [0.05, 0.1) is 12.3 Å². The van der Waals surface area contributed by atoms with Crippen LogP contribution >= 0.6 is 0 Å². The molecule has 0 fully saturated rings. The number of para-hydroxylation sites is 2. The van der Waals surface area contributed by atoms with E-state index in [1.807, 2.05) is 44.2 Å². The molecule has 2 aromatic rings. The van der Waals surface area contributed by atoms with Crippen molar-refractivity contribution in [3.63, 3.8) is 0 Å². The number of benzene rings is 2. The second-order valence-electron chi connectivity index (χ2n) is 6.37. The topological polar surface area (TPSA) is 47.6 Å². The Morgan fingerprint density at radius 2 is 1.80 bits per heavy atom. The van der Waals surface area contributed by atoms with Crippen LogP contribution in [0.3, 0.4) is 0 Å². The fraction of sp³-hybridized carbons (Fsp3) is 0.381. The highest BCUT2D eigenvalue weighted by atomic mass is 16.5. The first-order valence-corrected chi connectivity index (χ1v) is 8.72. The first kappa shape index (κ1) is 18.8. The number of hydrogen-bond acceptors (Lipinski definition) is 3. The van der Waals surface area contributed by atoms with Crippen LogP contribution in [0.25, 0.3) is 0 Å². The molecular formula is C21H27NO3. The van der Waals surface area contributed by atoms with Crippen molar-refractivity contribution in [3.8, 4) is 11.5 Å². The molecule has 4 heteroatoms. The second-order valence-corrected chi connectivity index (χ2v) is 6.37. The molecule has 1 amide bonds. The van der Waals surface area contributed by atoms with Crippen molar-refractivity contribution in [1.29, 1.82) is 0 Å². The van der Waals surface area contributed by atoms with E-state index >= 15 is 0 Å². The molecule has 0 spiro atoms. The van der Waals surface area contributed by atoms with E-state index in [-0.39, 0.29) is 5.91 Å². The molecule has 0 bridgehead atoms. The maximum Gasteiger partial charge on any atom is 0.265 e. The van der Waals surface area contributed by atoms with Crippen LogP contribution in [0.2, 0.25) is 0 Å². The van der Waals surface area contributed by atoms with E-state index in [1.165, 1.54) is 0 Å². The highest BCUT2D eigenvalue weighted by molar-refractivity contribution is 5.95. The maximum absolute atomic E-state index is 12.5. The zero-order valence-corrected chi connectivity index (χ0v) is 15.6. The Hall–Kier alpha value is -2.49. The summed E-state index contributed by atoms with van der Waals surface area (Å²) in [5, 5.41) is 2.89. The molecule has 0 saturated heterocycles. The van der Waals surface area contributed by atoms with Gasteiger partial charge >= 0.3 is 0 Å². The summed E-state index contributed by atoms with van der Waals surface area (Å²) in [7, 11) is 0. The van der Waals surface area contributed by atoms with E-state index in [2.05, 4.69) is 31.3 Å². The number of aryl methyl sites for hydroxylation is 1. The van der Waals surface area contributed by atoms with E-state index in [0.717, 1.165) is 16.9 Å². The highest BCUT2D eigenvalue weighted by Crippen LogP contribution is 2.29. The summed E-state index contributed by atoms with van der Waals surface area (Å²) in [5.41, 5.74) is 2.85. The monoisotopic (exact) mass is 341 g/mol. The zero-order valence-electron chi connectivity index (χ0n) is 15.6. The van der Waals surface area contributed by atoms with Gasteiger partial charge in [-0.2, -0.15) is 0 Å². The molecule has 25 heavy (non-hydrogen) atoms. The Morgan fingerprint density at radius 3 is 2.48 bits per heavy atom. The average Bonchev–Trinajstić information content (AvgIpc) is 2.56. The zero-order chi connectivity index (χ0) is 18.4. The molecule has 1 N–H and O–H groups in total. The normalized spacial score (nSPS) is 11.9. The van der Waals surface area contributed by atoms with E-state index in [1.54, 1.807) is 6.92 Å². The Kier molecular flexibility index (Phi) is 6.45. The number of carbonyl (C=O) groups excluding carboxylic acids is 1. The van der Waals surface area contributed by atoms with Crippen molar-refractivity contribution in [1.82, 2.24) is 0 Å². The predicted molar refractivity (Wildman–Crippen MR) is 102 cm³/mol. The molecule has 0 radical (unpaired) electrons. The predicted octanol–water partition coefficient (Wildman–Crippen LogP) is 4.92. The number of carbonyl (C=O) groups is 1. The van der Waals surface area contributed by atoms with Crippen LogP contribution in [0.5, 0.6) is 11.5 Å². The van der Waals surface area contributed by atoms with E-state index in [4.69, 9.17) is 9.47 Å². The van der Waals surface area contributed by atoms with E-state index in [9.17, 15) is 4.79 Å². The lowest BCUT2D eigenvalue weighted by Gasteiger charge is -2.20. The molecule has 0 aromatic heterocycles. The number of ether oxygens (including phenoxy) is 2. The Labute approximate surface area is 150 Å². The summed E-state index contributed by atoms with van der Waals surface area (Å²) in [6.45, 7) is 10.4. The lowest BCUT2D eigenvalue weighted by molar-refractivity contribution is -0.122. The number of hydrogen-bond donors (Lipinski definition) is 1. The number of nitrogens with one attached hydrogen (secondary N) is 1. The summed E-state index contributed by atoms with van der Waals surface area (Å²) in [6.07, 6.45) is -0.617. The standard InChI is InChI=1S/C21H27NO3/c1-6-24-19-10-8-7-9-18(19)22-21(23)16(5)25-20-13-15(4)11-12-17(20)14(2)3/h7-14,16H,6H2,1-5H3,(H,22,23). The molecule has 0 aliphatic rings. The van der Waals surface area contributed by atoms with Gasteiger partial charge in [0.15, 0.2) is 6.10 Å². The minimum Gasteiger partial charge on any atom is -0.492 e. The molecule has 4 nitrogen and oxygen atoms in total. The SMILES string of the molecule is CCOc1ccccc1NC(=O)C(C)Oc1cc(C)ccc1C(C)C. The Morgan fingerprint density at radius 1 is 1.08 bits per heavy atom. The first-order valence-electron chi connectivity index (χ1n) is 8.72. The van der Waals surface area contributed by atoms with Gasteiger partial charge in [-0.3, -0.25) is 4.79 Å². The summed E-state index contributed by atoms with van der Waals surface area (Å²) < 4.78 is 11.5. The fourth-order valence-corrected chi connectivity index (χ4v) is 2.55. The van der Waals surface area contributed by atoms with Crippen LogP contribution in [0.1, 0.15) is 44.7 Å². The molecule has 1 unspecified atom stereocenters. The minimum atomic E-state index is -0.617. The summed E-state index contributed by atoms with van der Waals surface area (Å²) in [4.78, 5) is 12.5. The molecule has 0 heterocycles. The number of anilines is 1. The van der Waals surface area contributed by atoms with Crippen LogP contribution in [-0.2, 0) is 4.79 Å². The highest BCUT2D eigenvalue weighted by Gasteiger charge is 2.19. The van der Waals surface area contributed by atoms with Crippen molar-refractivity contribution in [2.24, 2.45) is 0 Å². The number of rotatable bonds is 7. The molecular weight excluding hydrogens is 314 g/mol. The summed E-state index contributed by atoms with van der Waals surface area (Å²) >= 11 is 0. The smallest absolute Gasteiger partial charge is 0.265 e. The van der Waals surface area contributed by atoms with Crippen LogP contribution in [0.15, 0.2) is 42.5 Å². The van der Waals surface area contributed by atoms with E-state index < -0.39 is 6.10 Å². The molecule has 1 atom stereocenters.